The lowest BCUT2D eigenvalue weighted by Gasteiger charge is -2.44. The van der Waals surface area contributed by atoms with Gasteiger partial charge in [-0.3, -0.25) is 14.4 Å². The van der Waals surface area contributed by atoms with Crippen molar-refractivity contribution in [2.75, 3.05) is 13.1 Å². The van der Waals surface area contributed by atoms with Crippen molar-refractivity contribution in [1.29, 1.82) is 0 Å². The van der Waals surface area contributed by atoms with Gasteiger partial charge in [0.05, 0.1) is 16.9 Å². The van der Waals surface area contributed by atoms with Crippen LogP contribution in [0.1, 0.15) is 57.7 Å². The Morgan fingerprint density at radius 1 is 1.18 bits per heavy atom. The molecule has 3 heterocycles. The fourth-order valence-electron chi connectivity index (χ4n) is 3.99. The molecule has 1 fully saturated rings. The van der Waals surface area contributed by atoms with Crippen molar-refractivity contribution in [3.63, 3.8) is 0 Å². The maximum atomic E-state index is 12.6. The van der Waals surface area contributed by atoms with Crippen LogP contribution in [0.5, 0.6) is 5.75 Å². The second-order valence-corrected chi connectivity index (χ2v) is 8.61. The molecule has 0 aliphatic carbocycles. The van der Waals surface area contributed by atoms with E-state index in [9.17, 15) is 14.4 Å². The zero-order chi connectivity index (χ0) is 19.7. The Morgan fingerprint density at radius 2 is 1.96 bits per heavy atom. The first-order valence-corrected chi connectivity index (χ1v) is 10.5. The minimum Gasteiger partial charge on any atom is -0.486 e. The summed E-state index contributed by atoms with van der Waals surface area (Å²) < 4.78 is 6.25. The Labute approximate surface area is 168 Å². The molecule has 1 aromatic heterocycles. The fraction of sp³-hybridized carbons (Fsp3) is 0.409. The molecule has 4 rings (SSSR count). The highest BCUT2D eigenvalue weighted by Gasteiger charge is 2.43. The number of rotatable bonds is 4. The standard InChI is InChI=1S/C22H23NO4S/c1-15-4-6-19-16(13-15)18(25)14-22(27-19)8-10-23(11-9-22)21(26)7-5-17(24)20-3-2-12-28-20/h2-4,6,12-13H,5,7-11,14H2,1H3. The van der Waals surface area contributed by atoms with E-state index in [0.717, 1.165) is 5.56 Å². The second-order valence-electron chi connectivity index (χ2n) is 7.67. The SMILES string of the molecule is Cc1ccc2c(c1)C(=O)CC1(CCN(C(=O)CCC(=O)c3cccs3)CC1)O2. The predicted octanol–water partition coefficient (Wildman–Crippen LogP) is 4.05. The van der Waals surface area contributed by atoms with Gasteiger partial charge in [-0.15, -0.1) is 11.3 Å². The molecule has 1 amide bonds. The lowest BCUT2D eigenvalue weighted by Crippen LogP contribution is -2.52. The van der Waals surface area contributed by atoms with Gasteiger partial charge in [-0.05, 0) is 30.5 Å². The molecule has 6 heteroatoms. The summed E-state index contributed by atoms with van der Waals surface area (Å²) >= 11 is 1.41. The van der Waals surface area contributed by atoms with Crippen LogP contribution in [0.4, 0.5) is 0 Å². The van der Waals surface area contributed by atoms with E-state index in [2.05, 4.69) is 0 Å². The van der Waals surface area contributed by atoms with Gasteiger partial charge in [0.15, 0.2) is 11.6 Å². The van der Waals surface area contributed by atoms with E-state index in [1.54, 1.807) is 11.0 Å². The van der Waals surface area contributed by atoms with Crippen molar-refractivity contribution in [2.45, 2.75) is 44.6 Å². The van der Waals surface area contributed by atoms with Crippen molar-refractivity contribution in [3.05, 3.63) is 51.7 Å². The van der Waals surface area contributed by atoms with E-state index in [4.69, 9.17) is 4.74 Å². The Morgan fingerprint density at radius 3 is 2.68 bits per heavy atom. The summed E-state index contributed by atoms with van der Waals surface area (Å²) in [6.07, 6.45) is 2.10. The summed E-state index contributed by atoms with van der Waals surface area (Å²) in [5, 5.41) is 1.87. The lowest BCUT2D eigenvalue weighted by atomic mass is 9.82. The first-order valence-electron chi connectivity index (χ1n) is 9.63. The topological polar surface area (TPSA) is 63.7 Å². The number of benzene rings is 1. The molecule has 0 unspecified atom stereocenters. The summed E-state index contributed by atoms with van der Waals surface area (Å²) in [6, 6.07) is 9.34. The summed E-state index contributed by atoms with van der Waals surface area (Å²) in [5.74, 6) is 0.789. The van der Waals surface area contributed by atoms with Gasteiger partial charge in [0.25, 0.3) is 0 Å². The second kappa shape index (κ2) is 7.51. The summed E-state index contributed by atoms with van der Waals surface area (Å²) in [6.45, 7) is 3.08. The molecular weight excluding hydrogens is 374 g/mol. The van der Waals surface area contributed by atoms with E-state index >= 15 is 0 Å². The number of Topliss-reactive ketones (excluding diaryl/α,β-unsaturated/α-hetero) is 2. The molecule has 2 aliphatic heterocycles. The predicted molar refractivity (Wildman–Crippen MR) is 107 cm³/mol. The van der Waals surface area contributed by atoms with Gasteiger partial charge in [0.1, 0.15) is 11.4 Å². The maximum absolute atomic E-state index is 12.6. The molecule has 0 N–H and O–H groups in total. The minimum absolute atomic E-state index is 0.00193. The van der Waals surface area contributed by atoms with Gasteiger partial charge in [-0.2, -0.15) is 0 Å². The first-order chi connectivity index (χ1) is 13.5. The third-order valence-electron chi connectivity index (χ3n) is 5.63. The summed E-state index contributed by atoms with van der Waals surface area (Å²) in [4.78, 5) is 39.7. The number of nitrogens with zero attached hydrogens (tertiary/aromatic N) is 1. The molecule has 146 valence electrons. The number of ketones is 2. The molecule has 0 radical (unpaired) electrons. The average molecular weight is 397 g/mol. The number of carbonyl (C=O) groups is 3. The highest BCUT2D eigenvalue weighted by Crippen LogP contribution is 2.39. The lowest BCUT2D eigenvalue weighted by molar-refractivity contribution is -0.134. The van der Waals surface area contributed by atoms with Crippen LogP contribution in [0.25, 0.3) is 0 Å². The number of aryl methyl sites for hydroxylation is 1. The number of piperidine rings is 1. The number of amides is 1. The van der Waals surface area contributed by atoms with E-state index in [1.165, 1.54) is 11.3 Å². The third kappa shape index (κ3) is 3.74. The van der Waals surface area contributed by atoms with E-state index in [-0.39, 0.29) is 30.3 Å². The Kier molecular flexibility index (Phi) is 5.06. The number of likely N-dealkylation sites (tertiary alicyclic amines) is 1. The molecular formula is C22H23NO4S. The third-order valence-corrected chi connectivity index (χ3v) is 6.54. The molecule has 1 aromatic carbocycles. The molecule has 2 aromatic rings. The quantitative estimate of drug-likeness (QED) is 0.730. The zero-order valence-electron chi connectivity index (χ0n) is 15.9. The highest BCUT2D eigenvalue weighted by atomic mass is 32.1. The van der Waals surface area contributed by atoms with Crippen molar-refractivity contribution >= 4 is 28.8 Å². The Bertz CT molecular complexity index is 911. The van der Waals surface area contributed by atoms with Crippen LogP contribution >= 0.6 is 11.3 Å². The zero-order valence-corrected chi connectivity index (χ0v) is 16.7. The van der Waals surface area contributed by atoms with Crippen LogP contribution in [-0.4, -0.2) is 41.1 Å². The molecule has 28 heavy (non-hydrogen) atoms. The normalized spacial score (nSPS) is 17.9. The number of carbonyl (C=O) groups excluding carboxylic acids is 3. The van der Waals surface area contributed by atoms with Gasteiger partial charge >= 0.3 is 0 Å². The van der Waals surface area contributed by atoms with E-state index in [0.29, 0.717) is 48.5 Å². The monoisotopic (exact) mass is 397 g/mol. The van der Waals surface area contributed by atoms with Crippen LogP contribution in [0.2, 0.25) is 0 Å². The molecule has 0 atom stereocenters. The van der Waals surface area contributed by atoms with Crippen molar-refractivity contribution in [2.24, 2.45) is 0 Å². The fourth-order valence-corrected chi connectivity index (χ4v) is 4.68. The number of ether oxygens (including phenoxy) is 1. The summed E-state index contributed by atoms with van der Waals surface area (Å²) in [7, 11) is 0. The smallest absolute Gasteiger partial charge is 0.223 e. The largest absolute Gasteiger partial charge is 0.486 e. The van der Waals surface area contributed by atoms with Gasteiger partial charge in [0.2, 0.25) is 5.91 Å². The first kappa shape index (κ1) is 18.9. The molecule has 1 spiro atoms. The molecule has 2 aliphatic rings. The number of fused-ring (bicyclic) bond motifs is 1. The number of hydrogen-bond donors (Lipinski definition) is 0. The molecule has 0 saturated carbocycles. The molecule has 0 bridgehead atoms. The molecule has 5 nitrogen and oxygen atoms in total. The molecule has 1 saturated heterocycles. The summed E-state index contributed by atoms with van der Waals surface area (Å²) in [5.41, 5.74) is 1.20. The van der Waals surface area contributed by atoms with Gasteiger partial charge in [-0.1, -0.05) is 17.7 Å². The van der Waals surface area contributed by atoms with Crippen LogP contribution in [0.15, 0.2) is 35.7 Å². The van der Waals surface area contributed by atoms with Crippen molar-refractivity contribution < 1.29 is 19.1 Å². The Hall–Kier alpha value is -2.47. The Balaban J connectivity index is 1.34. The number of hydrogen-bond acceptors (Lipinski definition) is 5. The number of thiophene rings is 1. The van der Waals surface area contributed by atoms with Crippen LogP contribution in [-0.2, 0) is 4.79 Å². The average Bonchev–Trinajstić information content (AvgIpc) is 3.22. The van der Waals surface area contributed by atoms with Gasteiger partial charge in [-0.25, -0.2) is 0 Å². The maximum Gasteiger partial charge on any atom is 0.223 e. The van der Waals surface area contributed by atoms with Crippen LogP contribution in [0.3, 0.4) is 0 Å². The minimum atomic E-state index is -0.511. The van der Waals surface area contributed by atoms with E-state index in [1.807, 2.05) is 36.6 Å². The highest BCUT2D eigenvalue weighted by molar-refractivity contribution is 7.12. The van der Waals surface area contributed by atoms with E-state index < -0.39 is 5.60 Å². The van der Waals surface area contributed by atoms with Crippen molar-refractivity contribution in [3.8, 4) is 5.75 Å². The van der Waals surface area contributed by atoms with Crippen molar-refractivity contribution in [1.82, 2.24) is 4.90 Å². The van der Waals surface area contributed by atoms with Gasteiger partial charge in [0, 0.05) is 38.8 Å². The van der Waals surface area contributed by atoms with Crippen LogP contribution < -0.4 is 4.74 Å². The van der Waals surface area contributed by atoms with Crippen LogP contribution in [0, 0.1) is 6.92 Å². The van der Waals surface area contributed by atoms with Gasteiger partial charge < -0.3 is 9.64 Å².